The molecule has 0 radical (unpaired) electrons. The maximum Gasteiger partial charge on any atom is 0.416 e. The van der Waals surface area contributed by atoms with Gasteiger partial charge in [0.15, 0.2) is 0 Å². The summed E-state index contributed by atoms with van der Waals surface area (Å²) in [5, 5.41) is 10.4. The molecule has 2 rings (SSSR count). The third kappa shape index (κ3) is 4.36. The molecule has 24 heavy (non-hydrogen) atoms. The number of benzene rings is 2. The molecule has 2 nitrogen and oxygen atoms in total. The standard InChI is InChI=1S/C19H22F3NO/c1-12-5-3-4-6-15(12)11-13(2)17(23)18(24)14-7-9-16(10-8-14)19(20,21)22/h3-10,13,17-18,24H,11,23H2,1-2H3. The van der Waals surface area contributed by atoms with E-state index in [2.05, 4.69) is 0 Å². The number of rotatable bonds is 5. The summed E-state index contributed by atoms with van der Waals surface area (Å²) in [6, 6.07) is 11.9. The van der Waals surface area contributed by atoms with E-state index in [4.69, 9.17) is 5.73 Å². The molecular formula is C19H22F3NO. The van der Waals surface area contributed by atoms with Gasteiger partial charge in [-0.05, 0) is 48.1 Å². The fourth-order valence-electron chi connectivity index (χ4n) is 2.72. The van der Waals surface area contributed by atoms with E-state index in [0.29, 0.717) is 12.0 Å². The topological polar surface area (TPSA) is 46.2 Å². The van der Waals surface area contributed by atoms with Crippen molar-refractivity contribution in [2.75, 3.05) is 0 Å². The third-order valence-corrected chi connectivity index (χ3v) is 4.40. The number of hydrogen-bond donors (Lipinski definition) is 2. The van der Waals surface area contributed by atoms with Gasteiger partial charge in [-0.1, -0.05) is 43.3 Å². The van der Waals surface area contributed by atoms with E-state index in [-0.39, 0.29) is 5.92 Å². The normalized spacial score (nSPS) is 15.8. The van der Waals surface area contributed by atoms with Gasteiger partial charge in [-0.15, -0.1) is 0 Å². The van der Waals surface area contributed by atoms with E-state index in [9.17, 15) is 18.3 Å². The van der Waals surface area contributed by atoms with Crippen molar-refractivity contribution in [3.8, 4) is 0 Å². The first-order valence-corrected chi connectivity index (χ1v) is 7.85. The summed E-state index contributed by atoms with van der Waals surface area (Å²) in [5.41, 5.74) is 8.11. The predicted molar refractivity (Wildman–Crippen MR) is 88.4 cm³/mol. The number of alkyl halides is 3. The minimum absolute atomic E-state index is 0.0246. The predicted octanol–water partition coefficient (Wildman–Crippen LogP) is 4.25. The van der Waals surface area contributed by atoms with Crippen LogP contribution in [0.3, 0.4) is 0 Å². The molecule has 3 atom stereocenters. The molecule has 0 bridgehead atoms. The lowest BCUT2D eigenvalue weighted by atomic mass is 9.87. The van der Waals surface area contributed by atoms with Crippen molar-refractivity contribution in [3.63, 3.8) is 0 Å². The van der Waals surface area contributed by atoms with Crippen molar-refractivity contribution in [2.24, 2.45) is 11.7 Å². The van der Waals surface area contributed by atoms with Crippen LogP contribution in [-0.2, 0) is 12.6 Å². The first-order valence-electron chi connectivity index (χ1n) is 7.85. The fourth-order valence-corrected chi connectivity index (χ4v) is 2.72. The van der Waals surface area contributed by atoms with Crippen LogP contribution < -0.4 is 5.73 Å². The molecule has 0 saturated heterocycles. The smallest absolute Gasteiger partial charge is 0.387 e. The average molecular weight is 337 g/mol. The van der Waals surface area contributed by atoms with Gasteiger partial charge in [0.05, 0.1) is 11.7 Å². The number of aliphatic hydroxyl groups excluding tert-OH is 1. The van der Waals surface area contributed by atoms with Crippen LogP contribution in [0.5, 0.6) is 0 Å². The molecule has 0 aliphatic heterocycles. The second-order valence-electron chi connectivity index (χ2n) is 6.25. The Morgan fingerprint density at radius 1 is 1.04 bits per heavy atom. The second-order valence-corrected chi connectivity index (χ2v) is 6.25. The highest BCUT2D eigenvalue weighted by molar-refractivity contribution is 5.28. The van der Waals surface area contributed by atoms with Crippen molar-refractivity contribution in [1.29, 1.82) is 0 Å². The molecule has 2 aromatic carbocycles. The molecule has 0 saturated carbocycles. The van der Waals surface area contributed by atoms with Crippen LogP contribution in [0.4, 0.5) is 13.2 Å². The summed E-state index contributed by atoms with van der Waals surface area (Å²) in [6.07, 6.45) is -4.69. The van der Waals surface area contributed by atoms with E-state index in [0.717, 1.165) is 23.3 Å². The summed E-state index contributed by atoms with van der Waals surface area (Å²) in [4.78, 5) is 0. The van der Waals surface area contributed by atoms with E-state index in [1.54, 1.807) is 0 Å². The molecule has 0 spiro atoms. The van der Waals surface area contributed by atoms with Crippen molar-refractivity contribution in [1.82, 2.24) is 0 Å². The van der Waals surface area contributed by atoms with E-state index in [1.807, 2.05) is 38.1 Å². The largest absolute Gasteiger partial charge is 0.416 e. The van der Waals surface area contributed by atoms with Gasteiger partial charge in [0.1, 0.15) is 0 Å². The second kappa shape index (κ2) is 7.36. The van der Waals surface area contributed by atoms with E-state index < -0.39 is 23.9 Å². The first kappa shape index (κ1) is 18.5. The van der Waals surface area contributed by atoms with Crippen LogP contribution in [0.2, 0.25) is 0 Å². The van der Waals surface area contributed by atoms with E-state index >= 15 is 0 Å². The molecule has 2 aromatic rings. The molecule has 5 heteroatoms. The van der Waals surface area contributed by atoms with Crippen LogP contribution in [0, 0.1) is 12.8 Å². The Kier molecular flexibility index (Phi) is 5.67. The van der Waals surface area contributed by atoms with Gasteiger partial charge in [0.2, 0.25) is 0 Å². The zero-order valence-electron chi connectivity index (χ0n) is 13.7. The average Bonchev–Trinajstić information content (AvgIpc) is 2.55. The zero-order chi connectivity index (χ0) is 17.9. The highest BCUT2D eigenvalue weighted by atomic mass is 19.4. The minimum Gasteiger partial charge on any atom is -0.387 e. The first-order chi connectivity index (χ1) is 11.2. The molecule has 0 amide bonds. The van der Waals surface area contributed by atoms with Crippen LogP contribution in [-0.4, -0.2) is 11.1 Å². The Balaban J connectivity index is 2.08. The molecule has 0 heterocycles. The van der Waals surface area contributed by atoms with Gasteiger partial charge in [-0.3, -0.25) is 0 Å². The van der Waals surface area contributed by atoms with Gasteiger partial charge in [-0.2, -0.15) is 13.2 Å². The lowest BCUT2D eigenvalue weighted by Gasteiger charge is -2.26. The SMILES string of the molecule is Cc1ccccc1CC(C)C(N)C(O)c1ccc(C(F)(F)F)cc1. The molecule has 3 N–H and O–H groups in total. The van der Waals surface area contributed by atoms with Crippen LogP contribution in [0.25, 0.3) is 0 Å². The van der Waals surface area contributed by atoms with Crippen molar-refractivity contribution in [3.05, 3.63) is 70.8 Å². The zero-order valence-corrected chi connectivity index (χ0v) is 13.7. The molecule has 0 aliphatic carbocycles. The number of hydrogen-bond acceptors (Lipinski definition) is 2. The monoisotopic (exact) mass is 337 g/mol. The fraction of sp³-hybridized carbons (Fsp3) is 0.368. The molecule has 0 fully saturated rings. The van der Waals surface area contributed by atoms with Gasteiger partial charge in [0, 0.05) is 6.04 Å². The van der Waals surface area contributed by atoms with Gasteiger partial charge >= 0.3 is 6.18 Å². The highest BCUT2D eigenvalue weighted by Crippen LogP contribution is 2.31. The van der Waals surface area contributed by atoms with Gasteiger partial charge < -0.3 is 10.8 Å². The molecule has 130 valence electrons. The number of halogens is 3. The third-order valence-electron chi connectivity index (χ3n) is 4.40. The Hall–Kier alpha value is -1.85. The van der Waals surface area contributed by atoms with Crippen molar-refractivity contribution in [2.45, 2.75) is 38.6 Å². The number of aryl methyl sites for hydroxylation is 1. The Labute approximate surface area is 140 Å². The maximum atomic E-state index is 12.6. The Morgan fingerprint density at radius 3 is 2.17 bits per heavy atom. The number of nitrogens with two attached hydrogens (primary N) is 1. The lowest BCUT2D eigenvalue weighted by Crippen LogP contribution is -2.36. The van der Waals surface area contributed by atoms with Gasteiger partial charge in [0.25, 0.3) is 0 Å². The molecule has 0 aromatic heterocycles. The summed E-state index contributed by atoms with van der Waals surface area (Å²) in [7, 11) is 0. The number of aliphatic hydroxyl groups is 1. The van der Waals surface area contributed by atoms with E-state index in [1.165, 1.54) is 12.1 Å². The van der Waals surface area contributed by atoms with Crippen molar-refractivity contribution >= 4 is 0 Å². The van der Waals surface area contributed by atoms with Crippen LogP contribution in [0.15, 0.2) is 48.5 Å². The Bertz CT molecular complexity index is 667. The molecule has 0 aliphatic rings. The Morgan fingerprint density at radius 2 is 1.62 bits per heavy atom. The quantitative estimate of drug-likeness (QED) is 0.857. The maximum absolute atomic E-state index is 12.6. The highest BCUT2D eigenvalue weighted by Gasteiger charge is 2.31. The molecular weight excluding hydrogens is 315 g/mol. The summed E-state index contributed by atoms with van der Waals surface area (Å²) in [5.74, 6) is -0.0246. The van der Waals surface area contributed by atoms with Gasteiger partial charge in [-0.25, -0.2) is 0 Å². The van der Waals surface area contributed by atoms with Crippen LogP contribution in [0.1, 0.15) is 35.3 Å². The summed E-state index contributed by atoms with van der Waals surface area (Å²) >= 11 is 0. The van der Waals surface area contributed by atoms with Crippen LogP contribution >= 0.6 is 0 Å². The summed E-state index contributed by atoms with van der Waals surface area (Å²) in [6.45, 7) is 3.95. The lowest BCUT2D eigenvalue weighted by molar-refractivity contribution is -0.137. The van der Waals surface area contributed by atoms with Crippen molar-refractivity contribution < 1.29 is 18.3 Å². The minimum atomic E-state index is -4.39. The molecule has 3 unspecified atom stereocenters. The summed E-state index contributed by atoms with van der Waals surface area (Å²) < 4.78 is 37.8.